The Morgan fingerprint density at radius 3 is 3.21 bits per heavy atom. The number of rotatable bonds is 1. The largest absolute Gasteiger partial charge is 0.465 e. The van der Waals surface area contributed by atoms with E-state index < -0.39 is 6.10 Å². The highest BCUT2D eigenvalue weighted by molar-refractivity contribution is 5.92. The van der Waals surface area contributed by atoms with Crippen LogP contribution in [-0.4, -0.2) is 42.3 Å². The fourth-order valence-electron chi connectivity index (χ4n) is 1.95. The molecular formula is C10H13NO3. The van der Waals surface area contributed by atoms with E-state index in [0.717, 1.165) is 18.8 Å². The molecule has 0 saturated carbocycles. The zero-order valence-electron chi connectivity index (χ0n) is 8.06. The van der Waals surface area contributed by atoms with E-state index in [4.69, 9.17) is 0 Å². The van der Waals surface area contributed by atoms with Gasteiger partial charge in [-0.3, -0.25) is 0 Å². The molecule has 0 aromatic carbocycles. The molecule has 0 radical (unpaired) electrons. The van der Waals surface area contributed by atoms with Crippen LogP contribution in [0.4, 0.5) is 0 Å². The van der Waals surface area contributed by atoms with Crippen LogP contribution in [-0.2, 0) is 9.53 Å². The van der Waals surface area contributed by atoms with Gasteiger partial charge in [0.15, 0.2) is 0 Å². The Labute approximate surface area is 82.5 Å². The molecule has 0 aromatic rings. The van der Waals surface area contributed by atoms with Crippen LogP contribution in [0, 0.1) is 0 Å². The van der Waals surface area contributed by atoms with Gasteiger partial charge in [-0.1, -0.05) is 6.08 Å². The molecule has 14 heavy (non-hydrogen) atoms. The Hall–Kier alpha value is -1.29. The smallest absolute Gasteiger partial charge is 0.339 e. The van der Waals surface area contributed by atoms with Crippen LogP contribution in [0.15, 0.2) is 23.4 Å². The molecule has 2 heterocycles. The molecular weight excluding hydrogens is 182 g/mol. The third-order valence-corrected chi connectivity index (χ3v) is 2.62. The van der Waals surface area contributed by atoms with Gasteiger partial charge in [0.1, 0.15) is 0 Å². The molecule has 1 atom stereocenters. The molecule has 0 aliphatic carbocycles. The summed E-state index contributed by atoms with van der Waals surface area (Å²) < 4.78 is 4.66. The molecule has 4 heteroatoms. The topological polar surface area (TPSA) is 49.8 Å². The number of ether oxygens (including phenoxy) is 1. The summed E-state index contributed by atoms with van der Waals surface area (Å²) in [4.78, 5) is 13.4. The molecule has 0 aromatic heterocycles. The van der Waals surface area contributed by atoms with E-state index in [1.54, 1.807) is 6.08 Å². The van der Waals surface area contributed by atoms with Gasteiger partial charge >= 0.3 is 5.97 Å². The lowest BCUT2D eigenvalue weighted by molar-refractivity contribution is -0.136. The van der Waals surface area contributed by atoms with Crippen molar-refractivity contribution in [2.45, 2.75) is 12.5 Å². The van der Waals surface area contributed by atoms with Crippen molar-refractivity contribution in [1.29, 1.82) is 0 Å². The Balaban J connectivity index is 2.38. The van der Waals surface area contributed by atoms with Gasteiger partial charge in [0, 0.05) is 13.1 Å². The second-order valence-corrected chi connectivity index (χ2v) is 3.44. The van der Waals surface area contributed by atoms with Gasteiger partial charge in [0.2, 0.25) is 0 Å². The van der Waals surface area contributed by atoms with E-state index in [-0.39, 0.29) is 5.97 Å². The first-order chi connectivity index (χ1) is 6.74. The van der Waals surface area contributed by atoms with E-state index in [1.165, 1.54) is 7.11 Å². The minimum Gasteiger partial charge on any atom is -0.465 e. The zero-order chi connectivity index (χ0) is 10.1. The number of hydrogen-bond acceptors (Lipinski definition) is 4. The van der Waals surface area contributed by atoms with Crippen molar-refractivity contribution in [2.24, 2.45) is 0 Å². The highest BCUT2D eigenvalue weighted by Crippen LogP contribution is 2.28. The fraction of sp³-hybridized carbons (Fsp3) is 0.500. The predicted octanol–water partition coefficient (Wildman–Crippen LogP) is 0.0499. The maximum atomic E-state index is 11.4. The van der Waals surface area contributed by atoms with Crippen LogP contribution < -0.4 is 0 Å². The van der Waals surface area contributed by atoms with Gasteiger partial charge in [0.25, 0.3) is 0 Å². The lowest BCUT2D eigenvalue weighted by atomic mass is 10.1. The van der Waals surface area contributed by atoms with Gasteiger partial charge in [-0.25, -0.2) is 4.79 Å². The standard InChI is InChI=1S/C10H13NO3/c1-14-10(13)7-3-2-5-11-6-4-8(12)9(7)11/h2-3,8,12H,4-6H2,1H3. The van der Waals surface area contributed by atoms with Crippen LogP contribution >= 0.6 is 0 Å². The second-order valence-electron chi connectivity index (χ2n) is 3.44. The normalized spacial score (nSPS) is 25.3. The molecule has 4 nitrogen and oxygen atoms in total. The summed E-state index contributed by atoms with van der Waals surface area (Å²) in [6.07, 6.45) is 3.81. The van der Waals surface area contributed by atoms with Crippen LogP contribution in [0.3, 0.4) is 0 Å². The highest BCUT2D eigenvalue weighted by Gasteiger charge is 2.32. The number of methoxy groups -OCH3 is 1. The molecule has 1 unspecified atom stereocenters. The lowest BCUT2D eigenvalue weighted by Crippen LogP contribution is -2.27. The Bertz CT molecular complexity index is 319. The number of carbonyl (C=O) groups excluding carboxylic acids is 1. The first-order valence-electron chi connectivity index (χ1n) is 4.66. The molecule has 2 aliphatic heterocycles. The van der Waals surface area contributed by atoms with E-state index in [0.29, 0.717) is 12.0 Å². The summed E-state index contributed by atoms with van der Waals surface area (Å²) in [5.74, 6) is -0.373. The molecule has 2 aliphatic rings. The third-order valence-electron chi connectivity index (χ3n) is 2.62. The number of esters is 1. The van der Waals surface area contributed by atoms with E-state index in [9.17, 15) is 9.90 Å². The number of aliphatic hydroxyl groups is 1. The van der Waals surface area contributed by atoms with Gasteiger partial charge in [-0.15, -0.1) is 0 Å². The monoisotopic (exact) mass is 195 g/mol. The first kappa shape index (κ1) is 9.27. The summed E-state index contributed by atoms with van der Waals surface area (Å²) in [6.45, 7) is 1.58. The first-order valence-corrected chi connectivity index (χ1v) is 4.66. The van der Waals surface area contributed by atoms with Gasteiger partial charge in [-0.2, -0.15) is 0 Å². The maximum absolute atomic E-state index is 11.4. The number of fused-ring (bicyclic) bond motifs is 1. The fourth-order valence-corrected chi connectivity index (χ4v) is 1.95. The molecule has 0 amide bonds. The van der Waals surface area contributed by atoms with Crippen LogP contribution in [0.2, 0.25) is 0 Å². The van der Waals surface area contributed by atoms with Crippen molar-refractivity contribution < 1.29 is 14.6 Å². The molecule has 76 valence electrons. The average Bonchev–Trinajstić information content (AvgIpc) is 2.59. The maximum Gasteiger partial charge on any atom is 0.339 e. The second kappa shape index (κ2) is 3.46. The van der Waals surface area contributed by atoms with Crippen molar-refractivity contribution in [1.82, 2.24) is 4.90 Å². The lowest BCUT2D eigenvalue weighted by Gasteiger charge is -2.24. The Morgan fingerprint density at radius 2 is 2.50 bits per heavy atom. The zero-order valence-corrected chi connectivity index (χ0v) is 8.06. The number of nitrogens with zero attached hydrogens (tertiary/aromatic N) is 1. The van der Waals surface area contributed by atoms with Gasteiger partial charge in [0.05, 0.1) is 24.5 Å². The number of hydrogen-bond donors (Lipinski definition) is 1. The summed E-state index contributed by atoms with van der Waals surface area (Å²) in [5.41, 5.74) is 1.21. The summed E-state index contributed by atoms with van der Waals surface area (Å²) in [5, 5.41) is 9.70. The summed E-state index contributed by atoms with van der Waals surface area (Å²) in [6, 6.07) is 0. The number of carbonyl (C=O) groups is 1. The van der Waals surface area contributed by atoms with Gasteiger partial charge in [-0.05, 0) is 12.5 Å². The minimum absolute atomic E-state index is 0.373. The van der Waals surface area contributed by atoms with E-state index >= 15 is 0 Å². The van der Waals surface area contributed by atoms with Crippen LogP contribution in [0.25, 0.3) is 0 Å². The van der Waals surface area contributed by atoms with Crippen LogP contribution in [0.1, 0.15) is 6.42 Å². The SMILES string of the molecule is COC(=O)C1=C2C(O)CCN2CC=C1. The van der Waals surface area contributed by atoms with Crippen molar-refractivity contribution in [3.05, 3.63) is 23.4 Å². The summed E-state index contributed by atoms with van der Waals surface area (Å²) in [7, 11) is 1.35. The van der Waals surface area contributed by atoms with Crippen molar-refractivity contribution in [3.8, 4) is 0 Å². The third kappa shape index (κ3) is 1.32. The average molecular weight is 195 g/mol. The van der Waals surface area contributed by atoms with Crippen LogP contribution in [0.5, 0.6) is 0 Å². The molecule has 1 fully saturated rings. The van der Waals surface area contributed by atoms with Gasteiger partial charge < -0.3 is 14.7 Å². The molecule has 0 bridgehead atoms. The minimum atomic E-state index is -0.519. The van der Waals surface area contributed by atoms with E-state index in [2.05, 4.69) is 4.74 Å². The van der Waals surface area contributed by atoms with Crippen molar-refractivity contribution in [2.75, 3.05) is 20.2 Å². The Morgan fingerprint density at radius 1 is 1.71 bits per heavy atom. The highest BCUT2D eigenvalue weighted by atomic mass is 16.5. The summed E-state index contributed by atoms with van der Waals surface area (Å²) >= 11 is 0. The molecule has 1 N–H and O–H groups in total. The Kier molecular flexibility index (Phi) is 2.29. The molecule has 0 spiro atoms. The van der Waals surface area contributed by atoms with Crippen molar-refractivity contribution in [3.63, 3.8) is 0 Å². The quantitative estimate of drug-likeness (QED) is 0.601. The van der Waals surface area contributed by atoms with E-state index in [1.807, 2.05) is 11.0 Å². The molecule has 1 saturated heterocycles. The molecule has 2 rings (SSSR count). The van der Waals surface area contributed by atoms with Crippen molar-refractivity contribution >= 4 is 5.97 Å². The number of aliphatic hydroxyl groups excluding tert-OH is 1. The predicted molar refractivity (Wildman–Crippen MR) is 50.4 cm³/mol.